The first-order valence-corrected chi connectivity index (χ1v) is 3.22. The lowest BCUT2D eigenvalue weighted by atomic mass is 10.4. The Kier molecular flexibility index (Phi) is 1.82. The molecule has 0 aromatic carbocycles. The molecule has 0 N–H and O–H groups in total. The molecular formula is C6H10N3+. The Balaban J connectivity index is 2.52. The maximum atomic E-state index is 4.12. The fraction of sp³-hybridized carbons (Fsp3) is 0.667. The van der Waals surface area contributed by atoms with Crippen molar-refractivity contribution in [1.82, 2.24) is 10.5 Å². The van der Waals surface area contributed by atoms with E-state index in [-0.39, 0.29) is 0 Å². The minimum absolute atomic E-state index is 0.854. The molecule has 0 saturated heterocycles. The maximum absolute atomic E-state index is 4.12. The summed E-state index contributed by atoms with van der Waals surface area (Å²) in [6.45, 7) is 4.05. The van der Waals surface area contributed by atoms with Gasteiger partial charge in [0.15, 0.2) is 0 Å². The largest absolute Gasteiger partial charge is 0.368 e. The minimum Gasteiger partial charge on any atom is -0.0558 e. The molecule has 0 amide bonds. The van der Waals surface area contributed by atoms with Crippen LogP contribution in [0.2, 0.25) is 0 Å². The average Bonchev–Trinajstić information content (AvgIpc) is 2.34. The van der Waals surface area contributed by atoms with Crippen molar-refractivity contribution in [2.75, 3.05) is 0 Å². The monoisotopic (exact) mass is 124 g/mol. The quantitative estimate of drug-likeness (QED) is 0.513. The van der Waals surface area contributed by atoms with Gasteiger partial charge in [-0.2, -0.15) is 0 Å². The van der Waals surface area contributed by atoms with E-state index < -0.39 is 0 Å². The van der Waals surface area contributed by atoms with E-state index in [0.29, 0.717) is 0 Å². The van der Waals surface area contributed by atoms with Crippen LogP contribution in [0.1, 0.15) is 26.7 Å². The van der Waals surface area contributed by atoms with Gasteiger partial charge in [0.1, 0.15) is 0 Å². The molecule has 0 bridgehead atoms. The van der Waals surface area contributed by atoms with Gasteiger partial charge in [0, 0.05) is 11.8 Å². The molecule has 0 aliphatic carbocycles. The SMILES string of the molecule is CCC1=NC(CC)=[N+][N]1. The van der Waals surface area contributed by atoms with Crippen molar-refractivity contribution in [1.29, 1.82) is 0 Å². The fourth-order valence-electron chi connectivity index (χ4n) is 0.609. The summed E-state index contributed by atoms with van der Waals surface area (Å²) in [4.78, 5) is 4.12. The van der Waals surface area contributed by atoms with Gasteiger partial charge in [0.05, 0.1) is 11.5 Å². The Hall–Kier alpha value is -0.860. The summed E-state index contributed by atoms with van der Waals surface area (Å²) in [6, 6.07) is 0. The van der Waals surface area contributed by atoms with E-state index in [0.717, 1.165) is 24.5 Å². The van der Waals surface area contributed by atoms with Crippen LogP contribution >= 0.6 is 0 Å². The second-order valence-electron chi connectivity index (χ2n) is 1.85. The lowest BCUT2D eigenvalue weighted by Crippen LogP contribution is -2.10. The van der Waals surface area contributed by atoms with Gasteiger partial charge < -0.3 is 0 Å². The smallest absolute Gasteiger partial charge is 0.0558 e. The third kappa shape index (κ3) is 1.28. The summed E-state index contributed by atoms with van der Waals surface area (Å²) in [5, 5.41) is 3.84. The highest BCUT2D eigenvalue weighted by Crippen LogP contribution is 1.92. The van der Waals surface area contributed by atoms with Crippen LogP contribution in [0, 0.1) is 0 Å². The predicted molar refractivity (Wildman–Crippen MR) is 37.3 cm³/mol. The van der Waals surface area contributed by atoms with E-state index >= 15 is 0 Å². The number of aliphatic imine (C=N–C) groups is 1. The molecule has 9 heavy (non-hydrogen) atoms. The molecule has 0 atom stereocenters. The molecule has 1 heterocycles. The van der Waals surface area contributed by atoms with Crippen molar-refractivity contribution in [3.8, 4) is 0 Å². The van der Waals surface area contributed by atoms with Crippen molar-refractivity contribution in [2.45, 2.75) is 26.7 Å². The summed E-state index contributed by atoms with van der Waals surface area (Å²) in [5.41, 5.74) is 3.84. The number of nitrogens with zero attached hydrogens (tertiary/aromatic N) is 3. The topological polar surface area (TPSA) is 40.6 Å². The molecule has 1 rings (SSSR count). The van der Waals surface area contributed by atoms with Crippen molar-refractivity contribution < 1.29 is 0 Å². The molecule has 1 aliphatic rings. The molecule has 0 aromatic rings. The molecule has 0 unspecified atom stereocenters. The molecule has 0 saturated carbocycles. The molecule has 1 aliphatic heterocycles. The molecular weight excluding hydrogens is 114 g/mol. The van der Waals surface area contributed by atoms with E-state index in [1.807, 2.05) is 13.8 Å². The van der Waals surface area contributed by atoms with Gasteiger partial charge in [-0.05, 0) is 4.99 Å². The van der Waals surface area contributed by atoms with E-state index in [2.05, 4.69) is 15.5 Å². The van der Waals surface area contributed by atoms with Crippen molar-refractivity contribution >= 4 is 11.7 Å². The van der Waals surface area contributed by atoms with Gasteiger partial charge in [-0.15, -0.1) is 0 Å². The third-order valence-corrected chi connectivity index (χ3v) is 1.17. The van der Waals surface area contributed by atoms with E-state index in [1.165, 1.54) is 0 Å². The normalized spacial score (nSPS) is 16.7. The predicted octanol–water partition coefficient (Wildman–Crippen LogP) is 0.472. The minimum atomic E-state index is 0.854. The zero-order valence-corrected chi connectivity index (χ0v) is 5.76. The average molecular weight is 124 g/mol. The van der Waals surface area contributed by atoms with Crippen molar-refractivity contribution in [3.05, 3.63) is 0 Å². The third-order valence-electron chi connectivity index (χ3n) is 1.17. The van der Waals surface area contributed by atoms with Gasteiger partial charge in [-0.25, -0.2) is 0 Å². The summed E-state index contributed by atoms with van der Waals surface area (Å²) >= 11 is 0. The Labute approximate surface area is 54.9 Å². The van der Waals surface area contributed by atoms with Gasteiger partial charge in [-0.1, -0.05) is 13.8 Å². The zero-order valence-electron chi connectivity index (χ0n) is 5.76. The second kappa shape index (κ2) is 2.62. The number of amidine groups is 2. The fourth-order valence-corrected chi connectivity index (χ4v) is 0.609. The molecule has 3 nitrogen and oxygen atoms in total. The Morgan fingerprint density at radius 1 is 1.33 bits per heavy atom. The van der Waals surface area contributed by atoms with Crippen LogP contribution in [-0.4, -0.2) is 11.7 Å². The number of rotatable bonds is 2. The highest BCUT2D eigenvalue weighted by atomic mass is 15.4. The summed E-state index contributed by atoms with van der Waals surface area (Å²) < 4.78 is 0. The van der Waals surface area contributed by atoms with Gasteiger partial charge in [0.25, 0.3) is 5.84 Å². The Morgan fingerprint density at radius 3 is 2.44 bits per heavy atom. The molecule has 2 radical (unpaired) electrons. The first-order chi connectivity index (χ1) is 4.36. The summed E-state index contributed by atoms with van der Waals surface area (Å²) in [5.74, 6) is 1.71. The van der Waals surface area contributed by atoms with Crippen LogP contribution < -0.4 is 10.5 Å². The van der Waals surface area contributed by atoms with E-state index in [1.54, 1.807) is 0 Å². The molecule has 0 fully saturated rings. The van der Waals surface area contributed by atoms with E-state index in [9.17, 15) is 0 Å². The van der Waals surface area contributed by atoms with Crippen LogP contribution in [0.4, 0.5) is 0 Å². The number of hydrogen-bond donors (Lipinski definition) is 0. The van der Waals surface area contributed by atoms with Crippen LogP contribution in [0.25, 0.3) is 0 Å². The number of hydrogen-bond acceptors (Lipinski definition) is 2. The van der Waals surface area contributed by atoms with E-state index in [4.69, 9.17) is 0 Å². The van der Waals surface area contributed by atoms with Gasteiger partial charge in [0.2, 0.25) is 0 Å². The molecule has 0 aromatic heterocycles. The summed E-state index contributed by atoms with van der Waals surface area (Å²) in [7, 11) is 0. The van der Waals surface area contributed by atoms with Crippen LogP contribution in [0.15, 0.2) is 4.99 Å². The van der Waals surface area contributed by atoms with Crippen LogP contribution in [0.3, 0.4) is 0 Å². The second-order valence-corrected chi connectivity index (χ2v) is 1.85. The lowest BCUT2D eigenvalue weighted by molar-refractivity contribution is 0.890. The van der Waals surface area contributed by atoms with Crippen molar-refractivity contribution in [2.24, 2.45) is 4.99 Å². The highest BCUT2D eigenvalue weighted by Gasteiger charge is 2.21. The standard InChI is InChI=1S/C6H10N3/c1-3-5-7-6(4-2)9-8-5/h3-4H2,1-2H3/q+1. The van der Waals surface area contributed by atoms with Crippen LogP contribution in [0.5, 0.6) is 0 Å². The summed E-state index contributed by atoms with van der Waals surface area (Å²) in [6.07, 6.45) is 1.76. The maximum Gasteiger partial charge on any atom is 0.368 e. The first-order valence-electron chi connectivity index (χ1n) is 3.22. The first kappa shape index (κ1) is 6.26. The van der Waals surface area contributed by atoms with Crippen molar-refractivity contribution in [3.63, 3.8) is 0 Å². The van der Waals surface area contributed by atoms with Crippen LogP contribution in [-0.2, 0) is 0 Å². The Morgan fingerprint density at radius 2 is 2.11 bits per heavy atom. The molecule has 48 valence electrons. The molecule has 0 spiro atoms. The van der Waals surface area contributed by atoms with Gasteiger partial charge >= 0.3 is 5.84 Å². The zero-order chi connectivity index (χ0) is 6.69. The highest BCUT2D eigenvalue weighted by molar-refractivity contribution is 5.99. The Bertz CT molecular complexity index is 158. The van der Waals surface area contributed by atoms with Gasteiger partial charge in [-0.3, -0.25) is 0 Å². The lowest BCUT2D eigenvalue weighted by Gasteiger charge is -1.73. The molecule has 3 heteroatoms.